The minimum absolute atomic E-state index is 0.214. The van der Waals surface area contributed by atoms with Crippen molar-refractivity contribution in [1.29, 1.82) is 0 Å². The number of hydrogen-bond donors (Lipinski definition) is 2. The Balaban J connectivity index is 1.51. The van der Waals surface area contributed by atoms with Crippen LogP contribution in [0, 0.1) is 12.7 Å². The first-order valence-corrected chi connectivity index (χ1v) is 10.3. The van der Waals surface area contributed by atoms with Crippen molar-refractivity contribution in [1.82, 2.24) is 9.97 Å². The second-order valence-electron chi connectivity index (χ2n) is 6.90. The first-order valence-electron chi connectivity index (χ1n) is 9.51. The number of aryl methyl sites for hydroxylation is 1. The zero-order valence-corrected chi connectivity index (χ0v) is 18.2. The summed E-state index contributed by atoms with van der Waals surface area (Å²) in [4.78, 5) is 21.3. The standard InChI is InChI=1S/C24H18BrFN4O/c1-15-12-20(8-9-21(15)25)29-24(31)17-5-3-7-19(14-17)28-22-10-11-27-23(30-22)16-4-2-6-18(26)13-16/h2-14H,1H3,(H,29,31)(H,27,28,30). The van der Waals surface area contributed by atoms with Crippen molar-refractivity contribution in [2.45, 2.75) is 6.92 Å². The number of nitrogens with zero attached hydrogens (tertiary/aromatic N) is 2. The normalized spacial score (nSPS) is 10.5. The van der Waals surface area contributed by atoms with Crippen molar-refractivity contribution >= 4 is 39.0 Å². The van der Waals surface area contributed by atoms with Crippen molar-refractivity contribution in [2.24, 2.45) is 0 Å². The molecule has 0 bridgehead atoms. The lowest BCUT2D eigenvalue weighted by Crippen LogP contribution is -2.12. The Hall–Kier alpha value is -3.58. The van der Waals surface area contributed by atoms with E-state index in [0.717, 1.165) is 15.7 Å². The van der Waals surface area contributed by atoms with E-state index in [4.69, 9.17) is 0 Å². The quantitative estimate of drug-likeness (QED) is 0.352. The topological polar surface area (TPSA) is 66.9 Å². The lowest BCUT2D eigenvalue weighted by Gasteiger charge is -2.10. The molecule has 0 aliphatic heterocycles. The molecular weight excluding hydrogens is 459 g/mol. The number of nitrogens with one attached hydrogen (secondary N) is 2. The van der Waals surface area contributed by atoms with Crippen LogP contribution >= 0.6 is 15.9 Å². The maximum absolute atomic E-state index is 13.5. The lowest BCUT2D eigenvalue weighted by atomic mass is 10.1. The number of carbonyl (C=O) groups excluding carboxylic acids is 1. The summed E-state index contributed by atoms with van der Waals surface area (Å²) in [7, 11) is 0. The van der Waals surface area contributed by atoms with E-state index in [1.165, 1.54) is 12.1 Å². The predicted molar refractivity (Wildman–Crippen MR) is 124 cm³/mol. The molecule has 0 fully saturated rings. The van der Waals surface area contributed by atoms with Gasteiger partial charge in [-0.05, 0) is 67.1 Å². The molecule has 1 aromatic heterocycles. The largest absolute Gasteiger partial charge is 0.340 e. The second-order valence-corrected chi connectivity index (χ2v) is 7.75. The van der Waals surface area contributed by atoms with Crippen molar-refractivity contribution in [2.75, 3.05) is 10.6 Å². The molecule has 154 valence electrons. The van der Waals surface area contributed by atoms with Crippen LogP contribution in [0.25, 0.3) is 11.4 Å². The number of rotatable bonds is 5. The van der Waals surface area contributed by atoms with Crippen LogP contribution in [0.5, 0.6) is 0 Å². The lowest BCUT2D eigenvalue weighted by molar-refractivity contribution is 0.102. The number of halogens is 2. The van der Waals surface area contributed by atoms with Gasteiger partial charge in [0.1, 0.15) is 11.6 Å². The van der Waals surface area contributed by atoms with E-state index in [1.54, 1.807) is 42.6 Å². The molecule has 0 saturated carbocycles. The molecular formula is C24H18BrFN4O. The molecule has 2 N–H and O–H groups in total. The van der Waals surface area contributed by atoms with Gasteiger partial charge in [0.05, 0.1) is 0 Å². The van der Waals surface area contributed by atoms with Gasteiger partial charge in [-0.25, -0.2) is 14.4 Å². The van der Waals surface area contributed by atoms with Crippen LogP contribution in [-0.4, -0.2) is 15.9 Å². The van der Waals surface area contributed by atoms with Gasteiger partial charge in [0.25, 0.3) is 5.91 Å². The summed E-state index contributed by atoms with van der Waals surface area (Å²) >= 11 is 3.46. The Morgan fingerprint density at radius 1 is 0.968 bits per heavy atom. The molecule has 0 unspecified atom stereocenters. The number of aromatic nitrogens is 2. The molecule has 7 heteroatoms. The fourth-order valence-electron chi connectivity index (χ4n) is 3.01. The zero-order chi connectivity index (χ0) is 21.8. The highest BCUT2D eigenvalue weighted by atomic mass is 79.9. The van der Waals surface area contributed by atoms with E-state index in [-0.39, 0.29) is 11.7 Å². The van der Waals surface area contributed by atoms with Gasteiger partial charge in [-0.2, -0.15) is 0 Å². The Morgan fingerprint density at radius 2 is 1.81 bits per heavy atom. The molecule has 0 aliphatic rings. The molecule has 0 radical (unpaired) electrons. The SMILES string of the molecule is Cc1cc(NC(=O)c2cccc(Nc3ccnc(-c4cccc(F)c4)n3)c2)ccc1Br. The van der Waals surface area contributed by atoms with Crippen LogP contribution < -0.4 is 10.6 Å². The predicted octanol–water partition coefficient (Wildman–Crippen LogP) is 6.35. The van der Waals surface area contributed by atoms with Crippen molar-refractivity contribution in [3.05, 3.63) is 100 Å². The third-order valence-electron chi connectivity index (χ3n) is 4.55. The summed E-state index contributed by atoms with van der Waals surface area (Å²) in [5.41, 5.74) is 3.54. The third kappa shape index (κ3) is 5.13. The van der Waals surface area contributed by atoms with Gasteiger partial charge in [0, 0.05) is 33.2 Å². The highest BCUT2D eigenvalue weighted by Gasteiger charge is 2.09. The maximum atomic E-state index is 13.5. The van der Waals surface area contributed by atoms with Gasteiger partial charge in [-0.3, -0.25) is 4.79 Å². The molecule has 31 heavy (non-hydrogen) atoms. The van der Waals surface area contributed by atoms with Crippen LogP contribution in [0.15, 0.2) is 83.5 Å². The van der Waals surface area contributed by atoms with E-state index >= 15 is 0 Å². The van der Waals surface area contributed by atoms with E-state index in [2.05, 4.69) is 36.5 Å². The fourth-order valence-corrected chi connectivity index (χ4v) is 3.25. The van der Waals surface area contributed by atoms with Gasteiger partial charge in [0.2, 0.25) is 0 Å². The smallest absolute Gasteiger partial charge is 0.255 e. The molecule has 0 atom stereocenters. The van der Waals surface area contributed by atoms with Crippen molar-refractivity contribution in [3.63, 3.8) is 0 Å². The minimum Gasteiger partial charge on any atom is -0.340 e. The van der Waals surface area contributed by atoms with E-state index in [9.17, 15) is 9.18 Å². The number of amides is 1. The van der Waals surface area contributed by atoms with Gasteiger partial charge >= 0.3 is 0 Å². The average Bonchev–Trinajstić information content (AvgIpc) is 2.77. The highest BCUT2D eigenvalue weighted by Crippen LogP contribution is 2.22. The Morgan fingerprint density at radius 3 is 2.61 bits per heavy atom. The highest BCUT2D eigenvalue weighted by molar-refractivity contribution is 9.10. The molecule has 1 amide bonds. The Bertz CT molecular complexity index is 1260. The summed E-state index contributed by atoms with van der Waals surface area (Å²) in [6.07, 6.45) is 1.60. The molecule has 0 aliphatic carbocycles. The van der Waals surface area contributed by atoms with E-state index < -0.39 is 0 Å². The summed E-state index contributed by atoms with van der Waals surface area (Å²) in [5.74, 6) is 0.381. The first kappa shape index (κ1) is 20.7. The summed E-state index contributed by atoms with van der Waals surface area (Å²) in [5, 5.41) is 6.08. The molecule has 1 heterocycles. The summed E-state index contributed by atoms with van der Waals surface area (Å²) in [6.45, 7) is 1.96. The van der Waals surface area contributed by atoms with Crippen LogP contribution in [-0.2, 0) is 0 Å². The fraction of sp³-hybridized carbons (Fsp3) is 0.0417. The van der Waals surface area contributed by atoms with Crippen LogP contribution in [0.3, 0.4) is 0 Å². The third-order valence-corrected chi connectivity index (χ3v) is 5.44. The molecule has 5 nitrogen and oxygen atoms in total. The first-order chi connectivity index (χ1) is 15.0. The van der Waals surface area contributed by atoms with Gasteiger partial charge in [0.15, 0.2) is 5.82 Å². The Kier molecular flexibility index (Phi) is 6.04. The monoisotopic (exact) mass is 476 g/mol. The van der Waals surface area contributed by atoms with Gasteiger partial charge < -0.3 is 10.6 Å². The van der Waals surface area contributed by atoms with Crippen LogP contribution in [0.1, 0.15) is 15.9 Å². The molecule has 0 saturated heterocycles. The van der Waals surface area contributed by atoms with Crippen LogP contribution in [0.4, 0.5) is 21.6 Å². The second kappa shape index (κ2) is 9.06. The van der Waals surface area contributed by atoms with Crippen molar-refractivity contribution in [3.8, 4) is 11.4 Å². The molecule has 3 aromatic carbocycles. The number of anilines is 3. The Labute approximate surface area is 187 Å². The molecule has 4 rings (SSSR count). The van der Waals surface area contributed by atoms with E-state index in [1.807, 2.05) is 31.2 Å². The van der Waals surface area contributed by atoms with Crippen LogP contribution in [0.2, 0.25) is 0 Å². The number of hydrogen-bond acceptors (Lipinski definition) is 4. The number of benzene rings is 3. The van der Waals surface area contributed by atoms with Gasteiger partial charge in [-0.1, -0.05) is 34.1 Å². The average molecular weight is 477 g/mol. The van der Waals surface area contributed by atoms with Gasteiger partial charge in [-0.15, -0.1) is 0 Å². The molecule has 0 spiro atoms. The van der Waals surface area contributed by atoms with Crippen molar-refractivity contribution < 1.29 is 9.18 Å². The number of carbonyl (C=O) groups is 1. The molecule has 4 aromatic rings. The summed E-state index contributed by atoms with van der Waals surface area (Å²) in [6, 6.07) is 20.6. The zero-order valence-electron chi connectivity index (χ0n) is 16.6. The van der Waals surface area contributed by atoms with E-state index in [0.29, 0.717) is 28.5 Å². The maximum Gasteiger partial charge on any atom is 0.255 e. The minimum atomic E-state index is -0.348. The summed E-state index contributed by atoms with van der Waals surface area (Å²) < 4.78 is 14.5.